The van der Waals surface area contributed by atoms with Gasteiger partial charge in [-0.25, -0.2) is 4.98 Å². The molecule has 0 N–H and O–H groups in total. The van der Waals surface area contributed by atoms with Crippen molar-refractivity contribution in [2.45, 2.75) is 6.92 Å². The fourth-order valence-electron chi connectivity index (χ4n) is 5.70. The van der Waals surface area contributed by atoms with Crippen LogP contribution < -0.4 is 0 Å². The van der Waals surface area contributed by atoms with Crippen LogP contribution in [-0.2, 0) is 0 Å². The Labute approximate surface area is 229 Å². The smallest absolute Gasteiger partial charge is 0.0709 e. The Morgan fingerprint density at radius 2 is 0.846 bits per heavy atom. The van der Waals surface area contributed by atoms with Gasteiger partial charge in [-0.15, -0.1) is 0 Å². The average Bonchev–Trinajstić information content (AvgIpc) is 3.01. The van der Waals surface area contributed by atoms with Gasteiger partial charge in [-0.05, 0) is 68.9 Å². The van der Waals surface area contributed by atoms with Crippen molar-refractivity contribution in [3.63, 3.8) is 0 Å². The van der Waals surface area contributed by atoms with Crippen LogP contribution in [0.25, 0.3) is 66.3 Å². The lowest BCUT2D eigenvalue weighted by molar-refractivity contribution is 1.33. The van der Waals surface area contributed by atoms with Crippen molar-refractivity contribution >= 4 is 21.5 Å². The largest absolute Gasteiger partial charge is 0.248 e. The number of pyridine rings is 1. The van der Waals surface area contributed by atoms with Gasteiger partial charge in [0.05, 0.1) is 11.4 Å². The molecule has 0 atom stereocenters. The lowest BCUT2D eigenvalue weighted by Crippen LogP contribution is -1.93. The minimum Gasteiger partial charge on any atom is -0.248 e. The molecule has 0 fully saturated rings. The number of hydrogen-bond donors (Lipinski definition) is 0. The summed E-state index contributed by atoms with van der Waals surface area (Å²) in [6, 6.07) is 51.9. The fourth-order valence-corrected chi connectivity index (χ4v) is 5.70. The van der Waals surface area contributed by atoms with Crippen LogP contribution in [0, 0.1) is 6.92 Å². The molecule has 0 unspecified atom stereocenters. The van der Waals surface area contributed by atoms with Gasteiger partial charge in [0, 0.05) is 11.1 Å². The van der Waals surface area contributed by atoms with E-state index in [1.54, 1.807) is 0 Å². The third-order valence-electron chi connectivity index (χ3n) is 7.51. The van der Waals surface area contributed by atoms with Crippen molar-refractivity contribution in [3.8, 4) is 44.8 Å². The van der Waals surface area contributed by atoms with Gasteiger partial charge in [-0.3, -0.25) is 0 Å². The first-order valence-corrected chi connectivity index (χ1v) is 13.4. The molecule has 1 aromatic heterocycles. The summed E-state index contributed by atoms with van der Waals surface area (Å²) < 4.78 is 0. The summed E-state index contributed by atoms with van der Waals surface area (Å²) in [7, 11) is 0. The van der Waals surface area contributed by atoms with E-state index in [1.807, 2.05) is 6.07 Å². The summed E-state index contributed by atoms with van der Waals surface area (Å²) in [5, 5.41) is 5.03. The van der Waals surface area contributed by atoms with E-state index in [4.69, 9.17) is 4.98 Å². The molecule has 0 radical (unpaired) electrons. The molecule has 1 heterocycles. The molecule has 0 amide bonds. The Kier molecular flexibility index (Phi) is 5.75. The summed E-state index contributed by atoms with van der Waals surface area (Å²) in [6.45, 7) is 2.18. The number of rotatable bonds is 4. The molecule has 0 bridgehead atoms. The van der Waals surface area contributed by atoms with Crippen LogP contribution in [0.5, 0.6) is 0 Å². The second kappa shape index (κ2) is 9.70. The molecule has 0 aliphatic carbocycles. The first-order valence-electron chi connectivity index (χ1n) is 13.4. The zero-order valence-electron chi connectivity index (χ0n) is 21.8. The highest BCUT2D eigenvalue weighted by Crippen LogP contribution is 2.45. The van der Waals surface area contributed by atoms with Gasteiger partial charge >= 0.3 is 0 Å². The van der Waals surface area contributed by atoms with E-state index in [2.05, 4.69) is 146 Å². The predicted molar refractivity (Wildman–Crippen MR) is 166 cm³/mol. The van der Waals surface area contributed by atoms with Crippen LogP contribution in [-0.4, -0.2) is 4.98 Å². The zero-order valence-corrected chi connectivity index (χ0v) is 21.8. The molecular formula is C38H27N. The molecule has 0 spiro atoms. The zero-order chi connectivity index (χ0) is 26.2. The second-order valence-corrected chi connectivity index (χ2v) is 10.1. The lowest BCUT2D eigenvalue weighted by atomic mass is 9.84. The molecule has 0 saturated heterocycles. The van der Waals surface area contributed by atoms with Crippen molar-refractivity contribution in [2.24, 2.45) is 0 Å². The van der Waals surface area contributed by atoms with Crippen molar-refractivity contribution in [1.82, 2.24) is 4.98 Å². The molecule has 6 aromatic carbocycles. The van der Waals surface area contributed by atoms with Gasteiger partial charge < -0.3 is 0 Å². The third-order valence-corrected chi connectivity index (χ3v) is 7.51. The van der Waals surface area contributed by atoms with E-state index in [0.717, 1.165) is 22.5 Å². The van der Waals surface area contributed by atoms with E-state index in [-0.39, 0.29) is 0 Å². The first kappa shape index (κ1) is 23.1. The highest BCUT2D eigenvalue weighted by molar-refractivity contribution is 6.22. The second-order valence-electron chi connectivity index (χ2n) is 10.1. The van der Waals surface area contributed by atoms with E-state index < -0.39 is 0 Å². The SMILES string of the molecule is Cc1ccc2c(-c3ccccc3)c3cc(-c4cccc(-c5ccccc5)n4)ccc3c(-c3ccccc3)c2c1. The highest BCUT2D eigenvalue weighted by Gasteiger charge is 2.18. The Morgan fingerprint density at radius 3 is 1.44 bits per heavy atom. The van der Waals surface area contributed by atoms with Crippen LogP contribution in [0.1, 0.15) is 5.56 Å². The van der Waals surface area contributed by atoms with Gasteiger partial charge in [-0.1, -0.05) is 133 Å². The quantitative estimate of drug-likeness (QED) is 0.220. The molecule has 0 aliphatic rings. The summed E-state index contributed by atoms with van der Waals surface area (Å²) in [5.74, 6) is 0. The number of nitrogens with zero attached hydrogens (tertiary/aromatic N) is 1. The van der Waals surface area contributed by atoms with Crippen LogP contribution in [0.3, 0.4) is 0 Å². The Balaban J connectivity index is 1.56. The molecule has 39 heavy (non-hydrogen) atoms. The van der Waals surface area contributed by atoms with Gasteiger partial charge in [-0.2, -0.15) is 0 Å². The van der Waals surface area contributed by atoms with Crippen molar-refractivity contribution in [1.29, 1.82) is 0 Å². The Morgan fingerprint density at radius 1 is 0.359 bits per heavy atom. The summed E-state index contributed by atoms with van der Waals surface area (Å²) in [6.07, 6.45) is 0. The highest BCUT2D eigenvalue weighted by atomic mass is 14.7. The van der Waals surface area contributed by atoms with Gasteiger partial charge in [0.2, 0.25) is 0 Å². The summed E-state index contributed by atoms with van der Waals surface area (Å²) >= 11 is 0. The van der Waals surface area contributed by atoms with Crippen LogP contribution in [0.2, 0.25) is 0 Å². The molecule has 0 aliphatic heterocycles. The number of aromatic nitrogens is 1. The lowest BCUT2D eigenvalue weighted by Gasteiger charge is -2.19. The number of fused-ring (bicyclic) bond motifs is 2. The minimum absolute atomic E-state index is 0.975. The van der Waals surface area contributed by atoms with Crippen molar-refractivity contribution < 1.29 is 0 Å². The molecule has 1 nitrogen and oxygen atoms in total. The van der Waals surface area contributed by atoms with E-state index >= 15 is 0 Å². The normalized spacial score (nSPS) is 11.2. The Hall–Kier alpha value is -5.01. The van der Waals surface area contributed by atoms with E-state index in [1.165, 1.54) is 49.4 Å². The van der Waals surface area contributed by atoms with Crippen LogP contribution in [0.15, 0.2) is 146 Å². The molecule has 1 heteroatoms. The topological polar surface area (TPSA) is 12.9 Å². The molecule has 184 valence electrons. The Bertz CT molecular complexity index is 1940. The number of hydrogen-bond acceptors (Lipinski definition) is 1. The summed E-state index contributed by atoms with van der Waals surface area (Å²) in [4.78, 5) is 5.08. The molecule has 0 saturated carbocycles. The van der Waals surface area contributed by atoms with Gasteiger partial charge in [0.1, 0.15) is 0 Å². The maximum atomic E-state index is 5.08. The van der Waals surface area contributed by atoms with E-state index in [0.29, 0.717) is 0 Å². The monoisotopic (exact) mass is 497 g/mol. The standard InChI is InChI=1S/C38H27N/c1-26-20-22-31-33(24-26)37(28-14-7-3-8-15-28)32-23-21-30(25-34(32)38(31)29-16-9-4-10-17-29)36-19-11-18-35(39-36)27-12-5-2-6-13-27/h2-25H,1H3. The predicted octanol–water partition coefficient (Wildman–Crippen LogP) is 10.4. The number of aryl methyl sites for hydroxylation is 1. The van der Waals surface area contributed by atoms with Gasteiger partial charge in [0.15, 0.2) is 0 Å². The fraction of sp³-hybridized carbons (Fsp3) is 0.0263. The number of benzene rings is 6. The average molecular weight is 498 g/mol. The first-order chi connectivity index (χ1) is 19.3. The van der Waals surface area contributed by atoms with E-state index in [9.17, 15) is 0 Å². The molecule has 7 aromatic rings. The third kappa shape index (κ3) is 4.19. The maximum absolute atomic E-state index is 5.08. The minimum atomic E-state index is 0.975. The maximum Gasteiger partial charge on any atom is 0.0709 e. The van der Waals surface area contributed by atoms with Crippen molar-refractivity contribution in [3.05, 3.63) is 151 Å². The van der Waals surface area contributed by atoms with Gasteiger partial charge in [0.25, 0.3) is 0 Å². The molecular weight excluding hydrogens is 470 g/mol. The molecule has 7 rings (SSSR count). The van der Waals surface area contributed by atoms with Crippen LogP contribution >= 0.6 is 0 Å². The summed E-state index contributed by atoms with van der Waals surface area (Å²) in [5.41, 5.74) is 10.5. The van der Waals surface area contributed by atoms with Crippen LogP contribution in [0.4, 0.5) is 0 Å². The van der Waals surface area contributed by atoms with Crippen molar-refractivity contribution in [2.75, 3.05) is 0 Å².